The average molecular weight is 160 g/mol. The van der Waals surface area contributed by atoms with Gasteiger partial charge in [0.05, 0.1) is 0 Å². The summed E-state index contributed by atoms with van der Waals surface area (Å²) in [6.07, 6.45) is 4.66. The number of likely N-dealkylation sites (N-methyl/N-ethyl adjacent to an activating group) is 1. The van der Waals surface area contributed by atoms with Gasteiger partial charge in [0.2, 0.25) is 5.91 Å². The highest BCUT2D eigenvalue weighted by atomic mass is 35.5. The number of hydrogen-bond acceptors (Lipinski definition) is 1. The van der Waals surface area contributed by atoms with Gasteiger partial charge in [0.15, 0.2) is 0 Å². The summed E-state index contributed by atoms with van der Waals surface area (Å²) in [5.74, 6) is -0.130. The molecule has 0 aromatic heterocycles. The number of hydrogen-bond donors (Lipinski definition) is 1. The Morgan fingerprint density at radius 1 is 1.60 bits per heavy atom. The van der Waals surface area contributed by atoms with Crippen LogP contribution in [0.4, 0.5) is 0 Å². The minimum Gasteiger partial charge on any atom is -0.356 e. The zero-order chi connectivity index (χ0) is 7.98. The van der Waals surface area contributed by atoms with Gasteiger partial charge in [0, 0.05) is 18.2 Å². The van der Waals surface area contributed by atoms with Crippen LogP contribution in [0.15, 0.2) is 23.3 Å². The monoisotopic (exact) mass is 159 g/mol. The molecule has 0 fully saturated rings. The van der Waals surface area contributed by atoms with Gasteiger partial charge in [-0.3, -0.25) is 4.79 Å². The zero-order valence-electron chi connectivity index (χ0n) is 6.02. The average Bonchev–Trinajstić information content (AvgIpc) is 1.87. The maximum Gasteiger partial charge on any atom is 0.243 e. The number of carbonyl (C=O) groups is 1. The molecule has 0 bridgehead atoms. The van der Waals surface area contributed by atoms with E-state index in [9.17, 15) is 4.79 Å². The van der Waals surface area contributed by atoms with Gasteiger partial charge in [-0.05, 0) is 13.0 Å². The highest BCUT2D eigenvalue weighted by molar-refractivity contribution is 6.29. The van der Waals surface area contributed by atoms with Crippen LogP contribution in [-0.4, -0.2) is 13.0 Å². The second-order valence-corrected chi connectivity index (χ2v) is 2.32. The van der Waals surface area contributed by atoms with Crippen LogP contribution >= 0.6 is 11.6 Å². The van der Waals surface area contributed by atoms with Gasteiger partial charge < -0.3 is 5.32 Å². The van der Waals surface area contributed by atoms with E-state index in [2.05, 4.69) is 5.32 Å². The van der Waals surface area contributed by atoms with Crippen molar-refractivity contribution in [3.8, 4) is 0 Å². The van der Waals surface area contributed by atoms with Crippen LogP contribution in [0.25, 0.3) is 0 Å². The van der Waals surface area contributed by atoms with E-state index in [4.69, 9.17) is 11.6 Å². The molecule has 0 radical (unpaired) electrons. The number of allylic oxidation sites excluding steroid dienone is 3. The molecule has 0 rings (SSSR count). The lowest BCUT2D eigenvalue weighted by atomic mass is 10.4. The fourth-order valence-corrected chi connectivity index (χ4v) is 0.424. The van der Waals surface area contributed by atoms with Crippen molar-refractivity contribution in [1.82, 2.24) is 5.32 Å². The van der Waals surface area contributed by atoms with Gasteiger partial charge >= 0.3 is 0 Å². The van der Waals surface area contributed by atoms with Crippen LogP contribution in [0, 0.1) is 0 Å². The van der Waals surface area contributed by atoms with E-state index in [1.165, 1.54) is 6.08 Å². The molecule has 0 spiro atoms. The predicted molar refractivity (Wildman–Crippen MR) is 42.8 cm³/mol. The van der Waals surface area contributed by atoms with Crippen LogP contribution in [0.5, 0.6) is 0 Å². The Balaban J connectivity index is 3.77. The minimum atomic E-state index is -0.130. The molecule has 1 amide bonds. The first-order chi connectivity index (χ1) is 4.66. The van der Waals surface area contributed by atoms with E-state index in [-0.39, 0.29) is 5.91 Å². The largest absolute Gasteiger partial charge is 0.356 e. The Labute approximate surface area is 65.6 Å². The number of rotatable bonds is 2. The molecule has 0 saturated heterocycles. The van der Waals surface area contributed by atoms with Gasteiger partial charge in [-0.1, -0.05) is 17.7 Å². The first-order valence-electron chi connectivity index (χ1n) is 2.89. The standard InChI is InChI=1S/C7H10ClNO/c1-6(8)4-3-5-7(10)9-2/h3-5H,1-2H3,(H,9,10). The molecule has 0 aliphatic rings. The Kier molecular flexibility index (Phi) is 4.67. The molecule has 1 N–H and O–H groups in total. The summed E-state index contributed by atoms with van der Waals surface area (Å²) in [6.45, 7) is 1.75. The topological polar surface area (TPSA) is 29.1 Å². The zero-order valence-corrected chi connectivity index (χ0v) is 6.77. The second kappa shape index (κ2) is 5.06. The Bertz CT molecular complexity index is 168. The van der Waals surface area contributed by atoms with Crippen LogP contribution < -0.4 is 5.32 Å². The summed E-state index contributed by atoms with van der Waals surface area (Å²) in [5.41, 5.74) is 0. The summed E-state index contributed by atoms with van der Waals surface area (Å²) >= 11 is 5.48. The lowest BCUT2D eigenvalue weighted by Gasteiger charge is -1.86. The van der Waals surface area contributed by atoms with E-state index in [1.54, 1.807) is 26.1 Å². The number of carbonyl (C=O) groups excluding carboxylic acids is 1. The van der Waals surface area contributed by atoms with Crippen molar-refractivity contribution in [3.05, 3.63) is 23.3 Å². The lowest BCUT2D eigenvalue weighted by molar-refractivity contribution is -0.116. The lowest BCUT2D eigenvalue weighted by Crippen LogP contribution is -2.13. The smallest absolute Gasteiger partial charge is 0.243 e. The van der Waals surface area contributed by atoms with Crippen molar-refractivity contribution in [2.24, 2.45) is 0 Å². The first kappa shape index (κ1) is 9.24. The molecular formula is C7H10ClNO. The Morgan fingerprint density at radius 3 is 2.60 bits per heavy atom. The molecule has 0 saturated carbocycles. The van der Waals surface area contributed by atoms with Gasteiger partial charge in [0.1, 0.15) is 0 Å². The summed E-state index contributed by atoms with van der Waals surface area (Å²) in [6, 6.07) is 0. The van der Waals surface area contributed by atoms with Gasteiger partial charge in [-0.15, -0.1) is 0 Å². The third kappa shape index (κ3) is 5.38. The molecule has 0 heterocycles. The Hall–Kier alpha value is -0.760. The van der Waals surface area contributed by atoms with Gasteiger partial charge in [-0.25, -0.2) is 0 Å². The second-order valence-electron chi connectivity index (χ2n) is 1.73. The molecule has 0 aromatic carbocycles. The molecule has 0 unspecified atom stereocenters. The molecular weight excluding hydrogens is 150 g/mol. The fraction of sp³-hybridized carbons (Fsp3) is 0.286. The molecule has 2 nitrogen and oxygen atoms in total. The first-order valence-corrected chi connectivity index (χ1v) is 3.27. The molecule has 3 heteroatoms. The molecule has 56 valence electrons. The maximum atomic E-state index is 10.5. The molecule has 0 aliphatic heterocycles. The minimum absolute atomic E-state index is 0.130. The molecule has 0 aliphatic carbocycles. The highest BCUT2D eigenvalue weighted by Crippen LogP contribution is 1.96. The third-order valence-electron chi connectivity index (χ3n) is 0.820. The van der Waals surface area contributed by atoms with E-state index < -0.39 is 0 Å². The number of amides is 1. The summed E-state index contributed by atoms with van der Waals surface area (Å²) in [5, 5.41) is 3.09. The third-order valence-corrected chi connectivity index (χ3v) is 0.946. The van der Waals surface area contributed by atoms with Crippen LogP contribution in [0.3, 0.4) is 0 Å². The highest BCUT2D eigenvalue weighted by Gasteiger charge is 1.83. The molecule has 0 aromatic rings. The van der Waals surface area contributed by atoms with Crippen LogP contribution in [-0.2, 0) is 4.79 Å². The van der Waals surface area contributed by atoms with Crippen molar-refractivity contribution < 1.29 is 4.79 Å². The normalized spacial score (nSPS) is 12.1. The quantitative estimate of drug-likeness (QED) is 0.480. The number of halogens is 1. The maximum absolute atomic E-state index is 10.5. The summed E-state index contributed by atoms with van der Waals surface area (Å²) in [7, 11) is 1.57. The number of nitrogens with one attached hydrogen (secondary N) is 1. The van der Waals surface area contributed by atoms with E-state index in [0.717, 1.165) is 0 Å². The van der Waals surface area contributed by atoms with Gasteiger partial charge in [0.25, 0.3) is 0 Å². The van der Waals surface area contributed by atoms with Crippen molar-refractivity contribution >= 4 is 17.5 Å². The Morgan fingerprint density at radius 2 is 2.20 bits per heavy atom. The summed E-state index contributed by atoms with van der Waals surface area (Å²) in [4.78, 5) is 10.5. The van der Waals surface area contributed by atoms with Crippen molar-refractivity contribution in [2.45, 2.75) is 6.92 Å². The van der Waals surface area contributed by atoms with Crippen LogP contribution in [0.2, 0.25) is 0 Å². The van der Waals surface area contributed by atoms with Crippen molar-refractivity contribution in [1.29, 1.82) is 0 Å². The van der Waals surface area contributed by atoms with E-state index >= 15 is 0 Å². The summed E-state index contributed by atoms with van der Waals surface area (Å²) < 4.78 is 0. The van der Waals surface area contributed by atoms with Gasteiger partial charge in [-0.2, -0.15) is 0 Å². The van der Waals surface area contributed by atoms with Crippen LogP contribution in [0.1, 0.15) is 6.92 Å². The fourth-order valence-electron chi connectivity index (χ4n) is 0.351. The van der Waals surface area contributed by atoms with Crippen molar-refractivity contribution in [2.75, 3.05) is 7.05 Å². The predicted octanol–water partition coefficient (Wildman–Crippen LogP) is 1.43. The molecule has 10 heavy (non-hydrogen) atoms. The van der Waals surface area contributed by atoms with E-state index in [0.29, 0.717) is 5.03 Å². The van der Waals surface area contributed by atoms with E-state index in [1.807, 2.05) is 0 Å². The SMILES string of the molecule is CNC(=O)C=CC=C(C)Cl. The molecule has 0 atom stereocenters. The van der Waals surface area contributed by atoms with Crippen molar-refractivity contribution in [3.63, 3.8) is 0 Å².